The zero-order chi connectivity index (χ0) is 57.6. The second kappa shape index (κ2) is 60.1. The standard InChI is InChI=1S/C70H119NO8/c1-6-8-10-12-14-16-18-20-22-24-26-28-29-30-31-32-33-34-35-36-37-38-39-41-43-45-47-49-51-53-55-57-59-61-68(73)79-66(65-78-70(69(74)75)76-63-62-71(3,4)5)64-77-67(72)60-58-56-54-52-50-48-46-44-42-40-27-25-23-21-19-17-15-13-11-9-7-2/h8-11,14-17,20-23,26-28,30-31,40,66,70H,6-7,12-13,18-19,24-25,29,32-39,41-65H2,1-5H3/p+1/b10-8-,11-9-,16-14-,17-15-,22-20-,23-21-,28-26-,31-30-,40-27-. The monoisotopic (exact) mass is 1100 g/mol. The Bertz CT molecular complexity index is 1660. The molecule has 0 rings (SSSR count). The number of quaternary nitrogens is 1. The number of hydrogen-bond acceptors (Lipinski definition) is 7. The average Bonchev–Trinajstić information content (AvgIpc) is 3.42. The minimum atomic E-state index is -1.52. The largest absolute Gasteiger partial charge is 0.477 e. The second-order valence-electron chi connectivity index (χ2n) is 22.3. The minimum Gasteiger partial charge on any atom is -0.477 e. The molecule has 0 aliphatic carbocycles. The van der Waals surface area contributed by atoms with Crippen LogP contribution in [0.4, 0.5) is 0 Å². The summed E-state index contributed by atoms with van der Waals surface area (Å²) in [5.41, 5.74) is 0. The average molecular weight is 1100 g/mol. The summed E-state index contributed by atoms with van der Waals surface area (Å²) in [6.45, 7) is 4.65. The Kier molecular flexibility index (Phi) is 57.0. The lowest BCUT2D eigenvalue weighted by Crippen LogP contribution is -2.40. The van der Waals surface area contributed by atoms with Gasteiger partial charge in [0.2, 0.25) is 0 Å². The molecular formula is C70H120NO8+. The Morgan fingerprint density at radius 3 is 1.01 bits per heavy atom. The second-order valence-corrected chi connectivity index (χ2v) is 22.3. The molecule has 0 fully saturated rings. The van der Waals surface area contributed by atoms with E-state index in [4.69, 9.17) is 18.9 Å². The number of carbonyl (C=O) groups excluding carboxylic acids is 2. The lowest BCUT2D eigenvalue weighted by atomic mass is 10.0. The summed E-state index contributed by atoms with van der Waals surface area (Å²) in [7, 11) is 5.97. The first-order valence-electron chi connectivity index (χ1n) is 32.1. The van der Waals surface area contributed by atoms with E-state index in [1.165, 1.54) is 122 Å². The third-order valence-corrected chi connectivity index (χ3v) is 13.5. The number of unbranched alkanes of at least 4 members (excludes halogenated alkanes) is 25. The molecule has 2 atom stereocenters. The molecule has 0 heterocycles. The number of carboxylic acid groups (broad SMARTS) is 1. The molecule has 0 aromatic carbocycles. The van der Waals surface area contributed by atoms with E-state index in [0.717, 1.165) is 109 Å². The number of carboxylic acids is 1. The molecule has 0 amide bonds. The molecule has 0 aliphatic rings. The maximum Gasteiger partial charge on any atom is 0.361 e. The van der Waals surface area contributed by atoms with Crippen molar-refractivity contribution in [3.63, 3.8) is 0 Å². The summed E-state index contributed by atoms with van der Waals surface area (Å²) in [6.07, 6.45) is 80.4. The van der Waals surface area contributed by atoms with Crippen LogP contribution in [0.5, 0.6) is 0 Å². The van der Waals surface area contributed by atoms with Crippen molar-refractivity contribution in [2.24, 2.45) is 0 Å². The molecular weight excluding hydrogens is 983 g/mol. The van der Waals surface area contributed by atoms with Gasteiger partial charge < -0.3 is 28.5 Å². The van der Waals surface area contributed by atoms with E-state index in [2.05, 4.69) is 123 Å². The Hall–Kier alpha value is -4.05. The van der Waals surface area contributed by atoms with Crippen LogP contribution in [0.3, 0.4) is 0 Å². The fraction of sp³-hybridized carbons (Fsp3) is 0.700. The number of ether oxygens (including phenoxy) is 4. The highest BCUT2D eigenvalue weighted by molar-refractivity contribution is 5.71. The van der Waals surface area contributed by atoms with Crippen LogP contribution < -0.4 is 0 Å². The van der Waals surface area contributed by atoms with E-state index in [1.54, 1.807) is 0 Å². The molecule has 0 spiro atoms. The molecule has 0 bridgehead atoms. The van der Waals surface area contributed by atoms with Crippen molar-refractivity contribution in [2.75, 3.05) is 47.5 Å². The van der Waals surface area contributed by atoms with E-state index >= 15 is 0 Å². The molecule has 79 heavy (non-hydrogen) atoms. The Morgan fingerprint density at radius 2 is 0.684 bits per heavy atom. The highest BCUT2D eigenvalue weighted by Crippen LogP contribution is 2.17. The van der Waals surface area contributed by atoms with Crippen LogP contribution in [0.1, 0.15) is 258 Å². The molecule has 0 radical (unpaired) electrons. The van der Waals surface area contributed by atoms with E-state index in [1.807, 2.05) is 21.1 Å². The van der Waals surface area contributed by atoms with Gasteiger partial charge in [-0.05, 0) is 96.3 Å². The van der Waals surface area contributed by atoms with Crippen LogP contribution in [0.25, 0.3) is 0 Å². The number of aliphatic carboxylic acids is 1. The van der Waals surface area contributed by atoms with Crippen LogP contribution in [-0.4, -0.2) is 87.4 Å². The number of rotatable bonds is 58. The van der Waals surface area contributed by atoms with Gasteiger partial charge in [-0.25, -0.2) is 4.79 Å². The third-order valence-electron chi connectivity index (χ3n) is 13.5. The number of carbonyl (C=O) groups is 3. The zero-order valence-corrected chi connectivity index (χ0v) is 51.5. The van der Waals surface area contributed by atoms with Gasteiger partial charge in [-0.3, -0.25) is 9.59 Å². The molecule has 0 aromatic rings. The molecule has 9 nitrogen and oxygen atoms in total. The van der Waals surface area contributed by atoms with Crippen LogP contribution >= 0.6 is 0 Å². The van der Waals surface area contributed by atoms with Gasteiger partial charge in [0.05, 0.1) is 34.4 Å². The maximum absolute atomic E-state index is 12.9. The molecule has 0 saturated heterocycles. The van der Waals surface area contributed by atoms with Gasteiger partial charge in [-0.2, -0.15) is 0 Å². The SMILES string of the molecule is CC/C=C\C/C=C\C/C=C\C/C=C\C/C=C\CCCCCCCCCCCCCCCCCCCC(=O)OC(COC(=O)CCCCCCCCCC/C=C\C/C=C\C/C=C\C/C=C\CC)COC(OCC[N+](C)(C)C)C(=O)O. The van der Waals surface area contributed by atoms with Gasteiger partial charge >= 0.3 is 17.9 Å². The molecule has 9 heteroatoms. The number of nitrogens with zero attached hydrogens (tertiary/aromatic N) is 1. The van der Waals surface area contributed by atoms with E-state index < -0.39 is 24.3 Å². The van der Waals surface area contributed by atoms with Crippen molar-refractivity contribution in [3.8, 4) is 0 Å². The van der Waals surface area contributed by atoms with Gasteiger partial charge in [-0.15, -0.1) is 0 Å². The Labute approximate surface area is 485 Å². The van der Waals surface area contributed by atoms with Crippen LogP contribution in [0.2, 0.25) is 0 Å². The van der Waals surface area contributed by atoms with E-state index in [9.17, 15) is 19.5 Å². The molecule has 1 N–H and O–H groups in total. The quantitative estimate of drug-likeness (QED) is 0.0211. The van der Waals surface area contributed by atoms with E-state index in [0.29, 0.717) is 11.0 Å². The van der Waals surface area contributed by atoms with Gasteiger partial charge in [0.15, 0.2) is 6.10 Å². The highest BCUT2D eigenvalue weighted by atomic mass is 16.7. The smallest absolute Gasteiger partial charge is 0.361 e. The molecule has 2 unspecified atom stereocenters. The van der Waals surface area contributed by atoms with E-state index in [-0.39, 0.29) is 38.6 Å². The lowest BCUT2D eigenvalue weighted by molar-refractivity contribution is -0.870. The molecule has 0 saturated carbocycles. The van der Waals surface area contributed by atoms with Crippen LogP contribution in [-0.2, 0) is 33.3 Å². The fourth-order valence-electron chi connectivity index (χ4n) is 8.68. The number of hydrogen-bond donors (Lipinski definition) is 1. The van der Waals surface area contributed by atoms with Crippen molar-refractivity contribution in [3.05, 3.63) is 109 Å². The summed E-state index contributed by atoms with van der Waals surface area (Å²) in [5, 5.41) is 9.73. The van der Waals surface area contributed by atoms with Crippen molar-refractivity contribution >= 4 is 17.9 Å². The van der Waals surface area contributed by atoms with Crippen molar-refractivity contribution < 1.29 is 42.9 Å². The molecule has 0 aliphatic heterocycles. The first-order valence-corrected chi connectivity index (χ1v) is 32.1. The summed E-state index contributed by atoms with van der Waals surface area (Å²) in [5.74, 6) is -2.01. The zero-order valence-electron chi connectivity index (χ0n) is 51.5. The molecule has 0 aromatic heterocycles. The Balaban J connectivity index is 4.15. The van der Waals surface area contributed by atoms with Gasteiger partial charge in [0, 0.05) is 12.8 Å². The summed E-state index contributed by atoms with van der Waals surface area (Å²) < 4.78 is 22.9. The summed E-state index contributed by atoms with van der Waals surface area (Å²) in [4.78, 5) is 37.5. The number of esters is 2. The highest BCUT2D eigenvalue weighted by Gasteiger charge is 2.25. The normalized spacial score (nSPS) is 13.5. The van der Waals surface area contributed by atoms with Crippen molar-refractivity contribution in [1.29, 1.82) is 0 Å². The number of allylic oxidation sites excluding steroid dienone is 18. The minimum absolute atomic E-state index is 0.182. The summed E-state index contributed by atoms with van der Waals surface area (Å²) >= 11 is 0. The van der Waals surface area contributed by atoms with Gasteiger partial charge in [-0.1, -0.05) is 258 Å². The topological polar surface area (TPSA) is 108 Å². The van der Waals surface area contributed by atoms with Gasteiger partial charge in [0.1, 0.15) is 13.2 Å². The number of likely N-dealkylation sites (N-methyl/N-ethyl adjacent to an activating group) is 1. The first-order chi connectivity index (χ1) is 38.6. The van der Waals surface area contributed by atoms with Gasteiger partial charge in [0.25, 0.3) is 6.29 Å². The van der Waals surface area contributed by atoms with Crippen LogP contribution in [0, 0.1) is 0 Å². The van der Waals surface area contributed by atoms with Crippen molar-refractivity contribution in [1.82, 2.24) is 0 Å². The molecule has 452 valence electrons. The van der Waals surface area contributed by atoms with Crippen LogP contribution in [0.15, 0.2) is 109 Å². The third kappa shape index (κ3) is 61.4. The fourth-order valence-corrected chi connectivity index (χ4v) is 8.68. The Morgan fingerprint density at radius 1 is 0.380 bits per heavy atom. The maximum atomic E-state index is 12.9. The predicted octanol–water partition coefficient (Wildman–Crippen LogP) is 19.5. The summed E-state index contributed by atoms with van der Waals surface area (Å²) in [6, 6.07) is 0. The van der Waals surface area contributed by atoms with Crippen molar-refractivity contribution in [2.45, 2.75) is 270 Å². The predicted molar refractivity (Wildman–Crippen MR) is 336 cm³/mol. The first kappa shape index (κ1) is 75.0. The lowest BCUT2D eigenvalue weighted by Gasteiger charge is -2.25.